The number of hydrogen-bond donors (Lipinski definition) is 1. The minimum Gasteiger partial charge on any atom is -0.392 e. The number of hydrogen-bond acceptors (Lipinski definition) is 2. The van der Waals surface area contributed by atoms with Crippen LogP contribution in [-0.4, -0.2) is 24.4 Å². The molecule has 2 rings (SSSR count). The van der Waals surface area contributed by atoms with Crippen LogP contribution < -0.4 is 0 Å². The van der Waals surface area contributed by atoms with Crippen molar-refractivity contribution in [3.8, 4) is 0 Å². The molecule has 0 aromatic heterocycles. The molecule has 1 saturated heterocycles. The molecule has 1 aliphatic carbocycles. The highest BCUT2D eigenvalue weighted by atomic mass is 16.5. The smallest absolute Gasteiger partial charge is 0.0618 e. The zero-order chi connectivity index (χ0) is 10.7. The monoisotopic (exact) mass is 212 g/mol. The molecule has 4 atom stereocenters. The normalized spacial score (nSPS) is 39.2. The second kappa shape index (κ2) is 5.31. The summed E-state index contributed by atoms with van der Waals surface area (Å²) in [5.41, 5.74) is 0. The molecule has 1 heterocycles. The van der Waals surface area contributed by atoms with Crippen molar-refractivity contribution < 1.29 is 9.84 Å². The van der Waals surface area contributed by atoms with Gasteiger partial charge in [0.1, 0.15) is 0 Å². The van der Waals surface area contributed by atoms with Crippen molar-refractivity contribution in [2.75, 3.05) is 13.2 Å². The SMILES string of the molecule is CCC1CCC(C(O)C2CCCOC2)C1. The standard InChI is InChI=1S/C13H24O2/c1-2-10-5-6-11(8-10)13(14)12-4-3-7-15-9-12/h10-14H,2-9H2,1H3. The maximum atomic E-state index is 10.3. The van der Waals surface area contributed by atoms with Gasteiger partial charge < -0.3 is 9.84 Å². The molecule has 1 saturated carbocycles. The summed E-state index contributed by atoms with van der Waals surface area (Å²) in [6.45, 7) is 3.95. The van der Waals surface area contributed by atoms with E-state index in [1.165, 1.54) is 25.7 Å². The van der Waals surface area contributed by atoms with E-state index in [9.17, 15) is 5.11 Å². The maximum Gasteiger partial charge on any atom is 0.0618 e. The van der Waals surface area contributed by atoms with E-state index >= 15 is 0 Å². The highest BCUT2D eigenvalue weighted by Gasteiger charge is 2.34. The lowest BCUT2D eigenvalue weighted by Crippen LogP contribution is -2.33. The predicted octanol–water partition coefficient (Wildman–Crippen LogP) is 2.60. The Kier molecular flexibility index (Phi) is 4.04. The molecule has 2 fully saturated rings. The van der Waals surface area contributed by atoms with Crippen molar-refractivity contribution in [3.63, 3.8) is 0 Å². The van der Waals surface area contributed by atoms with E-state index in [0.717, 1.165) is 32.0 Å². The molecule has 1 aliphatic heterocycles. The molecule has 1 N–H and O–H groups in total. The van der Waals surface area contributed by atoms with Crippen LogP contribution in [0.15, 0.2) is 0 Å². The lowest BCUT2D eigenvalue weighted by atomic mass is 9.86. The van der Waals surface area contributed by atoms with Crippen molar-refractivity contribution in [1.29, 1.82) is 0 Å². The van der Waals surface area contributed by atoms with E-state index in [2.05, 4.69) is 6.92 Å². The summed E-state index contributed by atoms with van der Waals surface area (Å²) in [4.78, 5) is 0. The minimum absolute atomic E-state index is 0.0955. The molecule has 2 heteroatoms. The Morgan fingerprint density at radius 1 is 1.27 bits per heavy atom. The number of aliphatic hydroxyl groups excluding tert-OH is 1. The number of ether oxygens (including phenoxy) is 1. The van der Waals surface area contributed by atoms with Gasteiger partial charge in [0.25, 0.3) is 0 Å². The van der Waals surface area contributed by atoms with Crippen molar-refractivity contribution in [1.82, 2.24) is 0 Å². The van der Waals surface area contributed by atoms with Gasteiger partial charge >= 0.3 is 0 Å². The highest BCUT2D eigenvalue weighted by molar-refractivity contribution is 4.84. The molecule has 4 unspecified atom stereocenters. The zero-order valence-electron chi connectivity index (χ0n) is 9.82. The van der Waals surface area contributed by atoms with Crippen molar-refractivity contribution >= 4 is 0 Å². The number of aliphatic hydroxyl groups is 1. The molecule has 15 heavy (non-hydrogen) atoms. The third-order valence-electron chi connectivity index (χ3n) is 4.32. The van der Waals surface area contributed by atoms with Crippen LogP contribution in [0.1, 0.15) is 45.4 Å². The summed E-state index contributed by atoms with van der Waals surface area (Å²) in [6.07, 6.45) is 7.28. The lowest BCUT2D eigenvalue weighted by molar-refractivity contribution is -0.0324. The van der Waals surface area contributed by atoms with E-state index in [4.69, 9.17) is 4.74 Å². The predicted molar refractivity (Wildman–Crippen MR) is 60.7 cm³/mol. The Hall–Kier alpha value is -0.0800. The Morgan fingerprint density at radius 3 is 2.73 bits per heavy atom. The third kappa shape index (κ3) is 2.73. The van der Waals surface area contributed by atoms with Crippen molar-refractivity contribution in [3.05, 3.63) is 0 Å². The first-order valence-corrected chi connectivity index (χ1v) is 6.57. The molecular weight excluding hydrogens is 188 g/mol. The average molecular weight is 212 g/mol. The van der Waals surface area contributed by atoms with E-state index in [0.29, 0.717) is 11.8 Å². The molecule has 0 amide bonds. The van der Waals surface area contributed by atoms with Gasteiger partial charge in [-0.25, -0.2) is 0 Å². The molecule has 0 spiro atoms. The first kappa shape index (κ1) is 11.4. The summed E-state index contributed by atoms with van der Waals surface area (Å²) in [5, 5.41) is 10.3. The summed E-state index contributed by atoms with van der Waals surface area (Å²) in [5.74, 6) is 1.84. The van der Waals surface area contributed by atoms with E-state index in [1.807, 2.05) is 0 Å². The quantitative estimate of drug-likeness (QED) is 0.779. The van der Waals surface area contributed by atoms with E-state index in [1.54, 1.807) is 0 Å². The van der Waals surface area contributed by atoms with Crippen LogP contribution in [0.4, 0.5) is 0 Å². The van der Waals surface area contributed by atoms with Crippen molar-refractivity contribution in [2.45, 2.75) is 51.6 Å². The zero-order valence-corrected chi connectivity index (χ0v) is 9.82. The van der Waals surface area contributed by atoms with E-state index < -0.39 is 0 Å². The second-order valence-corrected chi connectivity index (χ2v) is 5.32. The molecule has 0 bridgehead atoms. The molecular formula is C13H24O2. The maximum absolute atomic E-state index is 10.3. The Morgan fingerprint density at radius 2 is 2.13 bits per heavy atom. The van der Waals surface area contributed by atoms with Crippen LogP contribution in [-0.2, 0) is 4.74 Å². The summed E-state index contributed by atoms with van der Waals surface area (Å²) in [6, 6.07) is 0. The van der Waals surface area contributed by atoms with Crippen molar-refractivity contribution in [2.24, 2.45) is 17.8 Å². The molecule has 0 aromatic rings. The van der Waals surface area contributed by atoms with Gasteiger partial charge in [0.15, 0.2) is 0 Å². The molecule has 88 valence electrons. The fourth-order valence-electron chi connectivity index (χ4n) is 3.21. The number of rotatable bonds is 3. The van der Waals surface area contributed by atoms with Gasteiger partial charge in [0.2, 0.25) is 0 Å². The topological polar surface area (TPSA) is 29.5 Å². The van der Waals surface area contributed by atoms with Gasteiger partial charge in [0, 0.05) is 12.5 Å². The molecule has 0 aromatic carbocycles. The summed E-state index contributed by atoms with van der Waals surface area (Å²) < 4.78 is 5.46. The first-order chi connectivity index (χ1) is 7.31. The molecule has 2 nitrogen and oxygen atoms in total. The Labute approximate surface area is 93.0 Å². The fourth-order valence-corrected chi connectivity index (χ4v) is 3.21. The average Bonchev–Trinajstić information content (AvgIpc) is 2.78. The van der Waals surface area contributed by atoms with Gasteiger partial charge in [-0.15, -0.1) is 0 Å². The van der Waals surface area contributed by atoms with E-state index in [-0.39, 0.29) is 6.10 Å². The Bertz CT molecular complexity index is 187. The van der Waals surface area contributed by atoms with Crippen LogP contribution >= 0.6 is 0 Å². The van der Waals surface area contributed by atoms with Crippen LogP contribution in [0.5, 0.6) is 0 Å². The second-order valence-electron chi connectivity index (χ2n) is 5.32. The van der Waals surface area contributed by atoms with Crippen LogP contribution in [0.25, 0.3) is 0 Å². The minimum atomic E-state index is -0.0955. The summed E-state index contributed by atoms with van der Waals surface area (Å²) >= 11 is 0. The largest absolute Gasteiger partial charge is 0.392 e. The lowest BCUT2D eigenvalue weighted by Gasteiger charge is -2.30. The highest BCUT2D eigenvalue weighted by Crippen LogP contribution is 2.38. The molecule has 0 radical (unpaired) electrons. The van der Waals surface area contributed by atoms with Gasteiger partial charge in [-0.3, -0.25) is 0 Å². The Balaban J connectivity index is 1.82. The van der Waals surface area contributed by atoms with Gasteiger partial charge in [0.05, 0.1) is 12.7 Å². The molecule has 2 aliphatic rings. The van der Waals surface area contributed by atoms with Gasteiger partial charge in [-0.2, -0.15) is 0 Å². The summed E-state index contributed by atoms with van der Waals surface area (Å²) in [7, 11) is 0. The van der Waals surface area contributed by atoms with Crippen LogP contribution in [0.3, 0.4) is 0 Å². The van der Waals surface area contributed by atoms with Gasteiger partial charge in [-0.05, 0) is 37.5 Å². The third-order valence-corrected chi connectivity index (χ3v) is 4.32. The van der Waals surface area contributed by atoms with Crippen LogP contribution in [0, 0.1) is 17.8 Å². The van der Waals surface area contributed by atoms with Crippen LogP contribution in [0.2, 0.25) is 0 Å². The van der Waals surface area contributed by atoms with Gasteiger partial charge in [-0.1, -0.05) is 19.8 Å². The first-order valence-electron chi connectivity index (χ1n) is 6.57. The fraction of sp³-hybridized carbons (Fsp3) is 1.00.